The highest BCUT2D eigenvalue weighted by Crippen LogP contribution is 2.27. The first-order valence-electron chi connectivity index (χ1n) is 7.50. The Morgan fingerprint density at radius 3 is 2.77 bits per heavy atom. The minimum absolute atomic E-state index is 0.0151. The van der Waals surface area contributed by atoms with Crippen LogP contribution in [-0.2, 0) is 11.2 Å². The summed E-state index contributed by atoms with van der Waals surface area (Å²) < 4.78 is 11.1. The van der Waals surface area contributed by atoms with Gasteiger partial charge in [0.05, 0.1) is 12.5 Å². The summed E-state index contributed by atoms with van der Waals surface area (Å²) in [5.74, 6) is 1.50. The van der Waals surface area contributed by atoms with Gasteiger partial charge < -0.3 is 14.8 Å². The molecule has 0 aromatic heterocycles. The van der Waals surface area contributed by atoms with Crippen LogP contribution in [-0.4, -0.2) is 19.1 Å². The first-order valence-corrected chi connectivity index (χ1v) is 7.50. The van der Waals surface area contributed by atoms with Crippen molar-refractivity contribution in [3.05, 3.63) is 54.1 Å². The van der Waals surface area contributed by atoms with Gasteiger partial charge in [-0.3, -0.25) is 4.79 Å². The van der Waals surface area contributed by atoms with Crippen molar-refractivity contribution in [1.82, 2.24) is 0 Å². The van der Waals surface area contributed by atoms with Crippen molar-refractivity contribution < 1.29 is 14.3 Å². The second-order valence-electron chi connectivity index (χ2n) is 5.27. The summed E-state index contributed by atoms with van der Waals surface area (Å²) in [7, 11) is 0. The standard InChI is InChI=1S/C18H19NO3/c1-2-21-16-9-7-15(8-10-16)19-18(20)14-11-13-5-3-4-6-17(13)22-12-14/h3-10,14H,2,11-12H2,1H3,(H,19,20). The van der Waals surface area contributed by atoms with Gasteiger partial charge in [-0.2, -0.15) is 0 Å². The van der Waals surface area contributed by atoms with Gasteiger partial charge >= 0.3 is 0 Å². The number of ether oxygens (including phenoxy) is 2. The topological polar surface area (TPSA) is 47.6 Å². The van der Waals surface area contributed by atoms with E-state index in [1.807, 2.05) is 55.5 Å². The predicted octanol–water partition coefficient (Wildman–Crippen LogP) is 3.28. The fourth-order valence-corrected chi connectivity index (χ4v) is 2.54. The van der Waals surface area contributed by atoms with Gasteiger partial charge in [0.25, 0.3) is 0 Å². The van der Waals surface area contributed by atoms with Crippen molar-refractivity contribution in [3.8, 4) is 11.5 Å². The number of benzene rings is 2. The van der Waals surface area contributed by atoms with Gasteiger partial charge in [0.15, 0.2) is 0 Å². The normalized spacial score (nSPS) is 16.3. The average Bonchev–Trinajstić information content (AvgIpc) is 2.56. The Balaban J connectivity index is 1.63. The number of anilines is 1. The molecule has 0 spiro atoms. The van der Waals surface area contributed by atoms with Gasteiger partial charge in [0, 0.05) is 5.69 Å². The van der Waals surface area contributed by atoms with Gasteiger partial charge in [-0.05, 0) is 49.2 Å². The Hall–Kier alpha value is -2.49. The fraction of sp³-hybridized carbons (Fsp3) is 0.278. The molecular formula is C18H19NO3. The van der Waals surface area contributed by atoms with E-state index in [1.165, 1.54) is 0 Å². The molecule has 1 N–H and O–H groups in total. The molecule has 0 bridgehead atoms. The molecule has 1 unspecified atom stereocenters. The van der Waals surface area contributed by atoms with E-state index in [0.717, 1.165) is 22.7 Å². The molecule has 1 atom stereocenters. The Morgan fingerprint density at radius 2 is 2.00 bits per heavy atom. The van der Waals surface area contributed by atoms with Crippen LogP contribution in [0.5, 0.6) is 11.5 Å². The monoisotopic (exact) mass is 297 g/mol. The lowest BCUT2D eigenvalue weighted by Gasteiger charge is -2.24. The molecule has 4 nitrogen and oxygen atoms in total. The van der Waals surface area contributed by atoms with E-state index in [4.69, 9.17) is 9.47 Å². The number of nitrogens with one attached hydrogen (secondary N) is 1. The minimum atomic E-state index is -0.165. The molecule has 0 saturated carbocycles. The van der Waals surface area contributed by atoms with E-state index < -0.39 is 0 Å². The Labute approximate surface area is 130 Å². The molecule has 1 aliphatic rings. The number of carbonyl (C=O) groups excluding carboxylic acids is 1. The van der Waals surface area contributed by atoms with Crippen LogP contribution >= 0.6 is 0 Å². The molecule has 2 aromatic rings. The van der Waals surface area contributed by atoms with Crippen LogP contribution in [0.1, 0.15) is 12.5 Å². The van der Waals surface area contributed by atoms with E-state index in [-0.39, 0.29) is 11.8 Å². The Morgan fingerprint density at radius 1 is 1.23 bits per heavy atom. The van der Waals surface area contributed by atoms with E-state index >= 15 is 0 Å². The zero-order valence-corrected chi connectivity index (χ0v) is 12.5. The lowest BCUT2D eigenvalue weighted by Crippen LogP contribution is -2.32. The van der Waals surface area contributed by atoms with Crippen LogP contribution < -0.4 is 14.8 Å². The maximum Gasteiger partial charge on any atom is 0.231 e. The summed E-state index contributed by atoms with van der Waals surface area (Å²) in [6, 6.07) is 15.3. The third-order valence-corrected chi connectivity index (χ3v) is 3.68. The van der Waals surface area contributed by atoms with Gasteiger partial charge in [-0.15, -0.1) is 0 Å². The second-order valence-corrected chi connectivity index (χ2v) is 5.27. The summed E-state index contributed by atoms with van der Waals surface area (Å²) in [5.41, 5.74) is 1.85. The third kappa shape index (κ3) is 3.22. The zero-order valence-electron chi connectivity index (χ0n) is 12.5. The van der Waals surface area contributed by atoms with Gasteiger partial charge in [0.1, 0.15) is 18.1 Å². The van der Waals surface area contributed by atoms with E-state index in [9.17, 15) is 4.79 Å². The molecule has 1 heterocycles. The summed E-state index contributed by atoms with van der Waals surface area (Å²) >= 11 is 0. The number of rotatable bonds is 4. The molecule has 0 fully saturated rings. The highest BCUT2D eigenvalue weighted by atomic mass is 16.5. The van der Waals surface area contributed by atoms with Crippen LogP contribution in [0.3, 0.4) is 0 Å². The summed E-state index contributed by atoms with van der Waals surface area (Å²) in [6.45, 7) is 2.99. The molecule has 4 heteroatoms. The van der Waals surface area contributed by atoms with E-state index in [1.54, 1.807) is 0 Å². The largest absolute Gasteiger partial charge is 0.494 e. The smallest absolute Gasteiger partial charge is 0.231 e. The lowest BCUT2D eigenvalue weighted by molar-refractivity contribution is -0.121. The molecule has 2 aromatic carbocycles. The van der Waals surface area contributed by atoms with Crippen molar-refractivity contribution in [2.24, 2.45) is 5.92 Å². The predicted molar refractivity (Wildman–Crippen MR) is 85.4 cm³/mol. The first-order chi connectivity index (χ1) is 10.8. The Bertz CT molecular complexity index is 652. The van der Waals surface area contributed by atoms with Crippen molar-refractivity contribution in [2.45, 2.75) is 13.3 Å². The number of para-hydroxylation sites is 1. The van der Waals surface area contributed by atoms with Crippen LogP contribution in [0.4, 0.5) is 5.69 Å². The molecule has 1 amide bonds. The fourth-order valence-electron chi connectivity index (χ4n) is 2.54. The average molecular weight is 297 g/mol. The van der Waals surface area contributed by atoms with E-state index in [0.29, 0.717) is 19.6 Å². The minimum Gasteiger partial charge on any atom is -0.494 e. The Kier molecular flexibility index (Phi) is 4.28. The van der Waals surface area contributed by atoms with Crippen molar-refractivity contribution in [1.29, 1.82) is 0 Å². The van der Waals surface area contributed by atoms with Crippen molar-refractivity contribution >= 4 is 11.6 Å². The van der Waals surface area contributed by atoms with Crippen LogP contribution in [0.2, 0.25) is 0 Å². The van der Waals surface area contributed by atoms with Crippen molar-refractivity contribution in [3.63, 3.8) is 0 Å². The quantitative estimate of drug-likeness (QED) is 0.942. The molecule has 22 heavy (non-hydrogen) atoms. The molecule has 1 aliphatic heterocycles. The van der Waals surface area contributed by atoms with Crippen LogP contribution in [0, 0.1) is 5.92 Å². The number of amides is 1. The van der Waals surface area contributed by atoms with Gasteiger partial charge in [-0.25, -0.2) is 0 Å². The number of fused-ring (bicyclic) bond motifs is 1. The molecule has 0 radical (unpaired) electrons. The van der Waals surface area contributed by atoms with Crippen LogP contribution in [0.15, 0.2) is 48.5 Å². The summed E-state index contributed by atoms with van der Waals surface area (Å²) in [6.07, 6.45) is 0.707. The maximum atomic E-state index is 12.4. The SMILES string of the molecule is CCOc1ccc(NC(=O)C2COc3ccccc3C2)cc1. The van der Waals surface area contributed by atoms with Crippen molar-refractivity contribution in [2.75, 3.05) is 18.5 Å². The van der Waals surface area contributed by atoms with Gasteiger partial charge in [-0.1, -0.05) is 18.2 Å². The number of hydrogen-bond donors (Lipinski definition) is 1. The van der Waals surface area contributed by atoms with E-state index in [2.05, 4.69) is 5.32 Å². The first kappa shape index (κ1) is 14.4. The maximum absolute atomic E-state index is 12.4. The highest BCUT2D eigenvalue weighted by molar-refractivity contribution is 5.93. The molecular weight excluding hydrogens is 278 g/mol. The molecule has 0 saturated heterocycles. The zero-order chi connectivity index (χ0) is 15.4. The highest BCUT2D eigenvalue weighted by Gasteiger charge is 2.25. The molecule has 114 valence electrons. The third-order valence-electron chi connectivity index (χ3n) is 3.68. The summed E-state index contributed by atoms with van der Waals surface area (Å²) in [5, 5.41) is 2.94. The molecule has 0 aliphatic carbocycles. The lowest BCUT2D eigenvalue weighted by atomic mass is 9.96. The summed E-state index contributed by atoms with van der Waals surface area (Å²) in [4.78, 5) is 12.4. The number of hydrogen-bond acceptors (Lipinski definition) is 3. The van der Waals surface area contributed by atoms with Crippen LogP contribution in [0.25, 0.3) is 0 Å². The van der Waals surface area contributed by atoms with Gasteiger partial charge in [0.2, 0.25) is 5.91 Å². The molecule has 3 rings (SSSR count). The number of carbonyl (C=O) groups is 1. The second kappa shape index (κ2) is 6.52.